The van der Waals surface area contributed by atoms with Crippen molar-refractivity contribution in [3.8, 4) is 0 Å². The molecule has 1 aromatic heterocycles. The molecule has 18 heavy (non-hydrogen) atoms. The van der Waals surface area contributed by atoms with Gasteiger partial charge >= 0.3 is 0 Å². The Balaban J connectivity index is 0.000000280. The third-order valence-electron chi connectivity index (χ3n) is 2.26. The summed E-state index contributed by atoms with van der Waals surface area (Å²) >= 11 is 0. The van der Waals surface area contributed by atoms with Gasteiger partial charge in [0.25, 0.3) is 0 Å². The predicted molar refractivity (Wildman–Crippen MR) is 52.6 cm³/mol. The van der Waals surface area contributed by atoms with Crippen LogP contribution in [0.3, 0.4) is 0 Å². The van der Waals surface area contributed by atoms with Gasteiger partial charge in [0.15, 0.2) is 0 Å². The van der Waals surface area contributed by atoms with Crippen LogP contribution in [0.15, 0.2) is 24.5 Å². The molecule has 0 spiro atoms. The van der Waals surface area contributed by atoms with Gasteiger partial charge in [0.05, 0.1) is 28.1 Å². The van der Waals surface area contributed by atoms with Gasteiger partial charge in [0, 0.05) is 32.0 Å². The number of morpholine rings is 1. The number of nitrogens with zero attached hydrogens (tertiary/aromatic N) is 2. The number of aromatic nitrogens is 1. The molecule has 1 aliphatic heterocycles. The van der Waals surface area contributed by atoms with Crippen molar-refractivity contribution >= 4 is 0 Å². The van der Waals surface area contributed by atoms with E-state index in [-0.39, 0.29) is 0 Å². The Bertz CT molecular complexity index is 321. The maximum atomic E-state index is 8.60. The zero-order chi connectivity index (χ0) is 13.4. The van der Waals surface area contributed by atoms with E-state index in [9.17, 15) is 0 Å². The van der Waals surface area contributed by atoms with Crippen LogP contribution in [-0.2, 0) is 11.3 Å². The third kappa shape index (κ3) is 8.31. The number of rotatable bonds is 2. The summed E-state index contributed by atoms with van der Waals surface area (Å²) in [5.74, 6) is 0. The van der Waals surface area contributed by atoms with Gasteiger partial charge in [0.2, 0.25) is 0 Å². The first-order valence-corrected chi connectivity index (χ1v) is 6.54. The molecule has 0 atom stereocenters. The summed E-state index contributed by atoms with van der Waals surface area (Å²) in [6.45, 7) is 4.84. The van der Waals surface area contributed by atoms with Crippen molar-refractivity contribution in [1.82, 2.24) is 9.88 Å². The summed E-state index contributed by atoms with van der Waals surface area (Å²) in [5.41, 5.74) is 1.33. The zero-order valence-electron chi connectivity index (χ0n) is 9.70. The number of halogens is 1. The van der Waals surface area contributed by atoms with E-state index >= 15 is 0 Å². The number of hydrogen-bond donors (Lipinski definition) is 1. The molecule has 0 bridgehead atoms. The van der Waals surface area contributed by atoms with Gasteiger partial charge in [-0.1, -0.05) is 0 Å². The first kappa shape index (κ1) is 15.3. The molecule has 1 saturated heterocycles. The lowest BCUT2D eigenvalue weighted by Gasteiger charge is -2.26. The Hall–Kier alpha value is -0.800. The standard InChI is InChI=1S/C10H14N2O.ClHO4/c1-3-11-4-2-10(1)9-12-5-7-13-8-6-12;2-1(3,4)5/h1-4H,5-9H2;(H,2,3,4,5). The molecule has 2 rings (SSSR count). The lowest BCUT2D eigenvalue weighted by molar-refractivity contribution is -1.92. The van der Waals surface area contributed by atoms with Crippen molar-refractivity contribution in [2.75, 3.05) is 26.3 Å². The van der Waals surface area contributed by atoms with Crippen molar-refractivity contribution in [3.63, 3.8) is 0 Å². The molecule has 2 heterocycles. The van der Waals surface area contributed by atoms with Crippen LogP contribution in [0.25, 0.3) is 0 Å². The van der Waals surface area contributed by atoms with Crippen molar-refractivity contribution in [2.24, 2.45) is 0 Å². The highest BCUT2D eigenvalue weighted by Crippen LogP contribution is 2.04. The van der Waals surface area contributed by atoms with Crippen LogP contribution in [0.1, 0.15) is 5.56 Å². The van der Waals surface area contributed by atoms with Gasteiger partial charge in [-0.25, -0.2) is 0 Å². The summed E-state index contributed by atoms with van der Waals surface area (Å²) in [6, 6.07) is 4.13. The van der Waals surface area contributed by atoms with E-state index in [4.69, 9.17) is 23.4 Å². The fourth-order valence-electron chi connectivity index (χ4n) is 1.51. The SMILES string of the molecule is [O-][Cl+3]([O-])([O-])O.c1cc(CN2CCOCC2)ccn1. The van der Waals surface area contributed by atoms with Crippen LogP contribution in [0.4, 0.5) is 0 Å². The summed E-state index contributed by atoms with van der Waals surface area (Å²) in [6.07, 6.45) is 3.69. The molecule has 7 nitrogen and oxygen atoms in total. The number of hydrogen-bond acceptors (Lipinski definition) is 7. The maximum absolute atomic E-state index is 8.60. The molecule has 102 valence electrons. The molecule has 0 saturated carbocycles. The highest BCUT2D eigenvalue weighted by atomic mass is 35.7. The van der Waals surface area contributed by atoms with E-state index < -0.39 is 10.2 Å². The van der Waals surface area contributed by atoms with E-state index in [1.54, 1.807) is 0 Å². The second-order valence-electron chi connectivity index (χ2n) is 3.64. The van der Waals surface area contributed by atoms with Crippen LogP contribution >= 0.6 is 0 Å². The predicted octanol–water partition coefficient (Wildman–Crippen LogP) is -3.21. The van der Waals surface area contributed by atoms with Gasteiger partial charge < -0.3 is 4.74 Å². The van der Waals surface area contributed by atoms with E-state index in [1.165, 1.54) is 5.56 Å². The Morgan fingerprint density at radius 1 is 1.22 bits per heavy atom. The van der Waals surface area contributed by atoms with Gasteiger partial charge in [-0.3, -0.25) is 9.88 Å². The average Bonchev–Trinajstić information content (AvgIpc) is 2.29. The Labute approximate surface area is 107 Å². The highest BCUT2D eigenvalue weighted by molar-refractivity contribution is 5.09. The zero-order valence-corrected chi connectivity index (χ0v) is 10.5. The quantitative estimate of drug-likeness (QED) is 0.605. The number of pyridine rings is 1. The van der Waals surface area contributed by atoms with E-state index in [0.717, 1.165) is 32.8 Å². The molecule has 1 fully saturated rings. The second-order valence-corrected chi connectivity index (χ2v) is 4.43. The summed E-state index contributed by atoms with van der Waals surface area (Å²) in [7, 11) is -4.69. The minimum absolute atomic E-state index is 0.866. The minimum Gasteiger partial charge on any atom is -0.379 e. The summed E-state index contributed by atoms with van der Waals surface area (Å²) in [4.78, 5) is 6.40. The van der Waals surface area contributed by atoms with Crippen LogP contribution < -0.4 is 14.0 Å². The molecule has 0 aliphatic carbocycles. The Morgan fingerprint density at radius 3 is 2.22 bits per heavy atom. The molecular weight excluding hydrogens is 264 g/mol. The third-order valence-corrected chi connectivity index (χ3v) is 2.26. The Morgan fingerprint density at radius 2 is 1.72 bits per heavy atom. The largest absolute Gasteiger partial charge is 0.379 e. The molecule has 1 N–H and O–H groups in total. The van der Waals surface area contributed by atoms with E-state index in [2.05, 4.69) is 22.0 Å². The topological polar surface area (TPSA) is 115 Å². The van der Waals surface area contributed by atoms with E-state index in [0.29, 0.717) is 0 Å². The smallest absolute Gasteiger partial charge is 0.0777 e. The van der Waals surface area contributed by atoms with Gasteiger partial charge in [-0.05, 0) is 17.7 Å². The normalized spacial score (nSPS) is 16.9. The van der Waals surface area contributed by atoms with Crippen molar-refractivity contribution < 1.29 is 33.6 Å². The highest BCUT2D eigenvalue weighted by Gasteiger charge is 2.09. The summed E-state index contributed by atoms with van der Waals surface area (Å²) < 4.78 is 38.0. The maximum Gasteiger partial charge on any atom is 0.0777 e. The monoisotopic (exact) mass is 278 g/mol. The van der Waals surface area contributed by atoms with Crippen LogP contribution in [0.2, 0.25) is 0 Å². The molecule has 1 aromatic rings. The fourth-order valence-corrected chi connectivity index (χ4v) is 1.51. The molecule has 0 aromatic carbocycles. The lowest BCUT2D eigenvalue weighted by Crippen LogP contribution is -2.58. The van der Waals surface area contributed by atoms with Gasteiger partial charge in [-0.2, -0.15) is 14.0 Å². The minimum atomic E-state index is -4.69. The molecular formula is C10H15ClN2O5. The Kier molecular flexibility index (Phi) is 6.44. The van der Waals surface area contributed by atoms with Gasteiger partial charge in [-0.15, -0.1) is 0 Å². The fraction of sp³-hybridized carbons (Fsp3) is 0.500. The van der Waals surface area contributed by atoms with Crippen LogP contribution in [-0.4, -0.2) is 40.8 Å². The van der Waals surface area contributed by atoms with E-state index in [1.807, 2.05) is 12.4 Å². The number of ether oxygens (including phenoxy) is 1. The first-order chi connectivity index (χ1) is 8.45. The molecule has 0 unspecified atom stereocenters. The van der Waals surface area contributed by atoms with Gasteiger partial charge in [0.1, 0.15) is 0 Å². The van der Waals surface area contributed by atoms with Crippen molar-refractivity contribution in [1.29, 1.82) is 0 Å². The molecule has 8 heteroatoms. The van der Waals surface area contributed by atoms with Crippen LogP contribution in [0.5, 0.6) is 0 Å². The molecule has 0 amide bonds. The van der Waals surface area contributed by atoms with Crippen molar-refractivity contribution in [3.05, 3.63) is 30.1 Å². The second kappa shape index (κ2) is 7.59. The van der Waals surface area contributed by atoms with Crippen molar-refractivity contribution in [2.45, 2.75) is 6.54 Å². The lowest BCUT2D eigenvalue weighted by atomic mass is 10.2. The molecule has 0 radical (unpaired) electrons. The van der Waals surface area contributed by atoms with Crippen LogP contribution in [0, 0.1) is 10.2 Å². The first-order valence-electron chi connectivity index (χ1n) is 5.27. The molecule has 1 aliphatic rings. The summed E-state index contributed by atoms with van der Waals surface area (Å²) in [5, 5.41) is 0. The average molecular weight is 279 g/mol.